The number of fused-ring (bicyclic) bond motifs is 3. The molecule has 0 unspecified atom stereocenters. The number of hydrogen-bond acceptors (Lipinski definition) is 8. The molecule has 0 N–H and O–H groups in total. The van der Waals surface area contributed by atoms with Crippen molar-refractivity contribution in [1.29, 1.82) is 0 Å². The van der Waals surface area contributed by atoms with Crippen LogP contribution in [0, 0.1) is 0 Å². The number of aromatic nitrogens is 1. The Hall–Kier alpha value is -4.48. The lowest BCUT2D eigenvalue weighted by atomic mass is 9.94. The Kier molecular flexibility index (Phi) is 7.66. The van der Waals surface area contributed by atoms with Crippen LogP contribution < -0.4 is 29.3 Å². The summed E-state index contributed by atoms with van der Waals surface area (Å²) < 4.78 is 19.3. The van der Waals surface area contributed by atoms with Crippen LogP contribution in [0.15, 0.2) is 92.3 Å². The van der Waals surface area contributed by atoms with Gasteiger partial charge < -0.3 is 19.1 Å². The first kappa shape index (κ1) is 29.2. The van der Waals surface area contributed by atoms with E-state index in [1.54, 1.807) is 24.0 Å². The van der Waals surface area contributed by atoms with Gasteiger partial charge in [-0.25, -0.2) is 9.79 Å². The van der Waals surface area contributed by atoms with Gasteiger partial charge >= 0.3 is 5.97 Å². The standard InChI is InChI=1S/C34H28BrN3O6S/c1-3-8-23-28(33(41)42-4-2)29(20-11-14-25-26(15-20)44-18-43-25)38-32(40)30(45-34(38)36-23)27-22-16-21(35)12-13-24(22)37(31(27)39)17-19-9-6-5-7-10-19/h5-7,9-16,29H,3-4,8,17-18H2,1-2H3/b30-27-/t29-/m0/s1. The maximum absolute atomic E-state index is 14.6. The second kappa shape index (κ2) is 11.8. The van der Waals surface area contributed by atoms with E-state index in [9.17, 15) is 14.4 Å². The van der Waals surface area contributed by atoms with Gasteiger partial charge in [-0.05, 0) is 54.8 Å². The van der Waals surface area contributed by atoms with Crippen molar-refractivity contribution in [3.63, 3.8) is 0 Å². The van der Waals surface area contributed by atoms with Gasteiger partial charge in [-0.2, -0.15) is 0 Å². The molecular weight excluding hydrogens is 658 g/mol. The molecule has 0 fully saturated rings. The van der Waals surface area contributed by atoms with E-state index in [4.69, 9.17) is 19.2 Å². The number of esters is 1. The molecule has 0 radical (unpaired) electrons. The van der Waals surface area contributed by atoms with Crippen LogP contribution in [-0.4, -0.2) is 29.8 Å². The fourth-order valence-electron chi connectivity index (χ4n) is 6.02. The second-order valence-electron chi connectivity index (χ2n) is 10.8. The van der Waals surface area contributed by atoms with Gasteiger partial charge in [0.15, 0.2) is 16.3 Å². The van der Waals surface area contributed by atoms with Gasteiger partial charge in [-0.3, -0.25) is 14.2 Å². The number of hydrogen-bond donors (Lipinski definition) is 0. The first-order valence-corrected chi connectivity index (χ1v) is 16.3. The van der Waals surface area contributed by atoms with Crippen molar-refractivity contribution in [1.82, 2.24) is 4.57 Å². The number of carbonyl (C=O) groups excluding carboxylic acids is 2. The van der Waals surface area contributed by atoms with Gasteiger partial charge in [0.1, 0.15) is 4.53 Å². The average Bonchev–Trinajstić information content (AvgIpc) is 3.71. The van der Waals surface area contributed by atoms with Crippen molar-refractivity contribution in [2.45, 2.75) is 39.3 Å². The smallest absolute Gasteiger partial charge is 0.338 e. The van der Waals surface area contributed by atoms with Crippen LogP contribution in [-0.2, 0) is 20.9 Å². The number of halogens is 1. The van der Waals surface area contributed by atoms with Gasteiger partial charge in [0.25, 0.3) is 11.5 Å². The summed E-state index contributed by atoms with van der Waals surface area (Å²) in [6.07, 6.45) is 1.23. The summed E-state index contributed by atoms with van der Waals surface area (Å²) in [7, 11) is 0. The summed E-state index contributed by atoms with van der Waals surface area (Å²) in [4.78, 5) is 49.4. The Morgan fingerprint density at radius 2 is 1.84 bits per heavy atom. The summed E-state index contributed by atoms with van der Waals surface area (Å²) in [5, 5.41) is 0. The van der Waals surface area contributed by atoms with Crippen LogP contribution in [0.1, 0.15) is 49.4 Å². The zero-order valence-electron chi connectivity index (χ0n) is 24.5. The molecule has 7 rings (SSSR count). The largest absolute Gasteiger partial charge is 0.463 e. The van der Waals surface area contributed by atoms with Crippen molar-refractivity contribution in [3.05, 3.63) is 119 Å². The number of benzene rings is 3. The number of ether oxygens (including phenoxy) is 3. The Morgan fingerprint density at radius 1 is 1.04 bits per heavy atom. The van der Waals surface area contributed by atoms with Crippen LogP contribution in [0.4, 0.5) is 5.69 Å². The molecule has 3 aliphatic rings. The third-order valence-electron chi connectivity index (χ3n) is 7.97. The van der Waals surface area contributed by atoms with E-state index in [0.29, 0.717) is 57.2 Å². The lowest BCUT2D eigenvalue weighted by molar-refractivity contribution is -0.139. The molecule has 45 heavy (non-hydrogen) atoms. The minimum Gasteiger partial charge on any atom is -0.463 e. The average molecular weight is 687 g/mol. The maximum atomic E-state index is 14.6. The van der Waals surface area contributed by atoms with E-state index >= 15 is 0 Å². The number of rotatable bonds is 7. The highest BCUT2D eigenvalue weighted by Crippen LogP contribution is 2.40. The third kappa shape index (κ3) is 5.00. The Morgan fingerprint density at radius 3 is 2.62 bits per heavy atom. The molecule has 3 aliphatic heterocycles. The van der Waals surface area contributed by atoms with Crippen molar-refractivity contribution >= 4 is 50.4 Å². The molecule has 0 aliphatic carbocycles. The number of carbonyl (C=O) groups is 2. The quantitative estimate of drug-likeness (QED) is 0.254. The molecular formula is C34H28BrN3O6S. The highest BCUT2D eigenvalue weighted by atomic mass is 79.9. The number of thiazole rings is 1. The maximum Gasteiger partial charge on any atom is 0.338 e. The fourth-order valence-corrected chi connectivity index (χ4v) is 7.49. The van der Waals surface area contributed by atoms with Crippen LogP contribution in [0.5, 0.6) is 11.5 Å². The molecule has 228 valence electrons. The van der Waals surface area contributed by atoms with E-state index in [0.717, 1.165) is 33.5 Å². The normalized spacial score (nSPS) is 17.7. The Labute approximate surface area is 270 Å². The van der Waals surface area contributed by atoms with E-state index in [2.05, 4.69) is 15.9 Å². The molecule has 11 heteroatoms. The van der Waals surface area contributed by atoms with Gasteiger partial charge in [-0.1, -0.05) is 77.0 Å². The minimum atomic E-state index is -0.843. The zero-order chi connectivity index (χ0) is 31.2. The molecule has 0 spiro atoms. The first-order chi connectivity index (χ1) is 21.9. The molecule has 4 heterocycles. The summed E-state index contributed by atoms with van der Waals surface area (Å²) >= 11 is 4.72. The number of anilines is 1. The fraction of sp³-hybridized carbons (Fsp3) is 0.235. The molecule has 0 bridgehead atoms. The molecule has 1 amide bonds. The Bertz CT molecular complexity index is 2080. The van der Waals surface area contributed by atoms with Gasteiger partial charge in [-0.15, -0.1) is 0 Å². The minimum absolute atomic E-state index is 0.0864. The van der Waals surface area contributed by atoms with Crippen molar-refractivity contribution in [2.75, 3.05) is 18.3 Å². The summed E-state index contributed by atoms with van der Waals surface area (Å²) in [6, 6.07) is 19.9. The van der Waals surface area contributed by atoms with Crippen LogP contribution in [0.25, 0.3) is 5.57 Å². The van der Waals surface area contributed by atoms with E-state index in [1.807, 2.05) is 61.5 Å². The molecule has 3 aromatic carbocycles. The number of allylic oxidation sites excluding steroid dienone is 1. The third-order valence-corrected chi connectivity index (χ3v) is 9.52. The molecule has 1 aromatic heterocycles. The van der Waals surface area contributed by atoms with Crippen molar-refractivity contribution in [3.8, 4) is 11.5 Å². The number of amides is 1. The van der Waals surface area contributed by atoms with Crippen molar-refractivity contribution < 1.29 is 23.8 Å². The second-order valence-corrected chi connectivity index (χ2v) is 12.7. The van der Waals surface area contributed by atoms with E-state index in [1.165, 1.54) is 4.57 Å². The molecule has 9 nitrogen and oxygen atoms in total. The molecule has 0 saturated heterocycles. The van der Waals surface area contributed by atoms with E-state index < -0.39 is 17.6 Å². The van der Waals surface area contributed by atoms with Gasteiger partial charge in [0, 0.05) is 10.0 Å². The zero-order valence-corrected chi connectivity index (χ0v) is 26.9. The Balaban J connectivity index is 1.48. The van der Waals surface area contributed by atoms with Crippen LogP contribution in [0.3, 0.4) is 0 Å². The highest BCUT2D eigenvalue weighted by Gasteiger charge is 2.38. The summed E-state index contributed by atoms with van der Waals surface area (Å²) in [6.45, 7) is 4.35. The van der Waals surface area contributed by atoms with Crippen molar-refractivity contribution in [2.24, 2.45) is 4.99 Å². The van der Waals surface area contributed by atoms with Crippen LogP contribution in [0.2, 0.25) is 0 Å². The summed E-state index contributed by atoms with van der Waals surface area (Å²) in [5.74, 6) is 0.304. The van der Waals surface area contributed by atoms with Gasteiger partial charge in [0.05, 0.1) is 41.7 Å². The topological polar surface area (TPSA) is 99.4 Å². The lowest BCUT2D eigenvalue weighted by Gasteiger charge is -2.25. The lowest BCUT2D eigenvalue weighted by Crippen LogP contribution is -2.41. The molecule has 0 saturated carbocycles. The number of nitrogens with zero attached hydrogens (tertiary/aromatic N) is 3. The summed E-state index contributed by atoms with van der Waals surface area (Å²) in [5.41, 5.74) is 3.76. The molecule has 4 aromatic rings. The SMILES string of the molecule is CCCC1=C(C(=O)OCC)[C@H](c2ccc3c(c2)OCO3)n2c(s/c(=C3\C(=O)N(Cc4ccccc4)c4ccc(Br)cc43)c2=O)=N1. The molecule has 1 atom stereocenters. The van der Waals surface area contributed by atoms with Crippen LogP contribution >= 0.6 is 27.3 Å². The predicted molar refractivity (Wildman–Crippen MR) is 173 cm³/mol. The van der Waals surface area contributed by atoms with E-state index in [-0.39, 0.29) is 23.8 Å². The van der Waals surface area contributed by atoms with Gasteiger partial charge in [0.2, 0.25) is 6.79 Å². The first-order valence-electron chi connectivity index (χ1n) is 14.7. The predicted octanol–water partition coefficient (Wildman–Crippen LogP) is 4.99. The highest BCUT2D eigenvalue weighted by molar-refractivity contribution is 9.10. The monoisotopic (exact) mass is 685 g/mol.